The van der Waals surface area contributed by atoms with Crippen molar-refractivity contribution in [2.45, 2.75) is 31.2 Å². The van der Waals surface area contributed by atoms with Crippen LogP contribution in [-0.4, -0.2) is 36.2 Å². The largest absolute Gasteiger partial charge is 0.368 e. The second-order valence-electron chi connectivity index (χ2n) is 5.76. The van der Waals surface area contributed by atoms with Gasteiger partial charge in [0.1, 0.15) is 6.04 Å². The first-order valence-electron chi connectivity index (χ1n) is 7.50. The molecule has 3 atom stereocenters. The fourth-order valence-corrected chi connectivity index (χ4v) is 3.81. The fraction of sp³-hybridized carbons (Fsp3) is 0.500. The molecule has 1 heterocycles. The van der Waals surface area contributed by atoms with Crippen molar-refractivity contribution in [2.24, 2.45) is 11.7 Å². The highest BCUT2D eigenvalue weighted by molar-refractivity contribution is 7.99. The van der Waals surface area contributed by atoms with Crippen LogP contribution in [0.4, 0.5) is 0 Å². The summed E-state index contributed by atoms with van der Waals surface area (Å²) in [6.45, 7) is 4.47. The number of primary amides is 1. The Morgan fingerprint density at radius 1 is 1.36 bits per heavy atom. The Bertz CT molecular complexity index is 521. The van der Waals surface area contributed by atoms with E-state index >= 15 is 0 Å². The minimum atomic E-state index is -0.527. The molecule has 0 unspecified atom stereocenters. The number of nitrogens with one attached hydrogen (secondary N) is 2. The maximum absolute atomic E-state index is 12.4. The summed E-state index contributed by atoms with van der Waals surface area (Å²) in [6, 6.07) is 8.90. The van der Waals surface area contributed by atoms with Crippen LogP contribution in [0.25, 0.3) is 0 Å². The van der Waals surface area contributed by atoms with Crippen LogP contribution >= 0.6 is 11.8 Å². The van der Waals surface area contributed by atoms with Crippen LogP contribution in [0, 0.1) is 5.92 Å². The highest BCUT2D eigenvalue weighted by atomic mass is 32.2. The standard InChI is InChI=1S/C16H23N3O2S/c1-10(2)12(15(17)20)19-13-14(11-6-4-3-5-7-11)22-9-8-18-16(13)21/h3-7,10,12-14,19H,8-9H2,1-2H3,(H2,17,20)(H,18,21)/t12-,13-,14+/m0/s1. The maximum atomic E-state index is 12.4. The number of carbonyl (C=O) groups excluding carboxylic acids is 2. The van der Waals surface area contributed by atoms with Crippen molar-refractivity contribution in [1.29, 1.82) is 0 Å². The van der Waals surface area contributed by atoms with Gasteiger partial charge in [-0.1, -0.05) is 44.2 Å². The Kier molecular flexibility index (Phi) is 5.85. The quantitative estimate of drug-likeness (QED) is 0.757. The van der Waals surface area contributed by atoms with Gasteiger partial charge in [-0.3, -0.25) is 14.9 Å². The third-order valence-electron chi connectivity index (χ3n) is 3.74. The summed E-state index contributed by atoms with van der Waals surface area (Å²) >= 11 is 1.72. The fourth-order valence-electron chi connectivity index (χ4n) is 2.59. The summed E-state index contributed by atoms with van der Waals surface area (Å²) in [7, 11) is 0. The van der Waals surface area contributed by atoms with Crippen molar-refractivity contribution in [2.75, 3.05) is 12.3 Å². The molecule has 0 radical (unpaired) electrons. The van der Waals surface area contributed by atoms with Gasteiger partial charge in [0.15, 0.2) is 0 Å². The van der Waals surface area contributed by atoms with Gasteiger partial charge in [-0.15, -0.1) is 11.8 Å². The molecule has 2 rings (SSSR count). The molecule has 0 aromatic heterocycles. The lowest BCUT2D eigenvalue weighted by atomic mass is 9.99. The maximum Gasteiger partial charge on any atom is 0.238 e. The monoisotopic (exact) mass is 321 g/mol. The minimum Gasteiger partial charge on any atom is -0.368 e. The van der Waals surface area contributed by atoms with E-state index in [0.717, 1.165) is 11.3 Å². The van der Waals surface area contributed by atoms with Crippen LogP contribution in [0.2, 0.25) is 0 Å². The van der Waals surface area contributed by atoms with Crippen LogP contribution < -0.4 is 16.4 Å². The Labute approximate surface area is 135 Å². The van der Waals surface area contributed by atoms with Gasteiger partial charge in [-0.2, -0.15) is 0 Å². The average Bonchev–Trinajstić information content (AvgIpc) is 2.67. The van der Waals surface area contributed by atoms with Crippen LogP contribution in [0.3, 0.4) is 0 Å². The van der Waals surface area contributed by atoms with Crippen LogP contribution in [-0.2, 0) is 9.59 Å². The van der Waals surface area contributed by atoms with Gasteiger partial charge in [0, 0.05) is 12.3 Å². The molecule has 0 bridgehead atoms. The molecule has 22 heavy (non-hydrogen) atoms. The number of amides is 2. The van der Waals surface area contributed by atoms with Gasteiger partial charge < -0.3 is 11.1 Å². The zero-order valence-corrected chi connectivity index (χ0v) is 13.7. The van der Waals surface area contributed by atoms with Gasteiger partial charge in [0.25, 0.3) is 0 Å². The summed E-state index contributed by atoms with van der Waals surface area (Å²) in [5.74, 6) is 0.358. The SMILES string of the molecule is CC(C)[C@H](N[C@@H]1C(=O)NCCS[C@@H]1c1ccccc1)C(N)=O. The molecule has 1 saturated heterocycles. The van der Waals surface area contributed by atoms with Gasteiger partial charge in [0.2, 0.25) is 11.8 Å². The van der Waals surface area contributed by atoms with E-state index in [1.54, 1.807) is 11.8 Å². The van der Waals surface area contributed by atoms with E-state index in [2.05, 4.69) is 10.6 Å². The summed E-state index contributed by atoms with van der Waals surface area (Å²) in [6.07, 6.45) is 0. The highest BCUT2D eigenvalue weighted by Gasteiger charge is 2.35. The first-order valence-corrected chi connectivity index (χ1v) is 8.55. The first kappa shape index (κ1) is 16.8. The Balaban J connectivity index is 2.28. The van der Waals surface area contributed by atoms with E-state index in [0.29, 0.717) is 6.54 Å². The Morgan fingerprint density at radius 2 is 2.05 bits per heavy atom. The number of thioether (sulfide) groups is 1. The number of benzene rings is 1. The molecule has 0 saturated carbocycles. The summed E-state index contributed by atoms with van der Waals surface area (Å²) in [5, 5.41) is 6.05. The van der Waals surface area contributed by atoms with Crippen molar-refractivity contribution in [3.8, 4) is 0 Å². The third-order valence-corrected chi connectivity index (χ3v) is 5.09. The molecule has 1 fully saturated rings. The predicted octanol–water partition coefficient (Wildman–Crippen LogP) is 1.06. The topological polar surface area (TPSA) is 84.2 Å². The lowest BCUT2D eigenvalue weighted by Crippen LogP contribution is -2.55. The predicted molar refractivity (Wildman–Crippen MR) is 89.4 cm³/mol. The minimum absolute atomic E-state index is 0.0231. The number of nitrogens with two attached hydrogens (primary N) is 1. The van der Waals surface area contributed by atoms with E-state index < -0.39 is 18.0 Å². The van der Waals surface area contributed by atoms with Gasteiger partial charge in [-0.25, -0.2) is 0 Å². The molecule has 6 heteroatoms. The third kappa shape index (κ3) is 4.01. The lowest BCUT2D eigenvalue weighted by Gasteiger charge is -2.29. The highest BCUT2D eigenvalue weighted by Crippen LogP contribution is 2.33. The van der Waals surface area contributed by atoms with E-state index in [9.17, 15) is 9.59 Å². The van der Waals surface area contributed by atoms with Crippen molar-refractivity contribution >= 4 is 23.6 Å². The van der Waals surface area contributed by atoms with Crippen LogP contribution in [0.5, 0.6) is 0 Å². The van der Waals surface area contributed by atoms with E-state index in [4.69, 9.17) is 5.73 Å². The number of hydrogen-bond acceptors (Lipinski definition) is 4. The Morgan fingerprint density at radius 3 is 2.64 bits per heavy atom. The first-order chi connectivity index (χ1) is 10.5. The molecule has 5 nitrogen and oxygen atoms in total. The second-order valence-corrected chi connectivity index (χ2v) is 7.01. The van der Waals surface area contributed by atoms with E-state index in [-0.39, 0.29) is 17.1 Å². The summed E-state index contributed by atoms with van der Waals surface area (Å²) < 4.78 is 0. The average molecular weight is 321 g/mol. The molecule has 0 aliphatic carbocycles. The van der Waals surface area contributed by atoms with Crippen molar-refractivity contribution in [3.63, 3.8) is 0 Å². The molecule has 120 valence electrons. The lowest BCUT2D eigenvalue weighted by molar-refractivity contribution is -0.124. The van der Waals surface area contributed by atoms with Gasteiger partial charge >= 0.3 is 0 Å². The molecule has 1 aromatic rings. The number of rotatable bonds is 5. The van der Waals surface area contributed by atoms with Crippen molar-refractivity contribution < 1.29 is 9.59 Å². The molecule has 1 aliphatic heterocycles. The molecule has 0 spiro atoms. The van der Waals surface area contributed by atoms with Gasteiger partial charge in [-0.05, 0) is 11.5 Å². The van der Waals surface area contributed by atoms with Crippen molar-refractivity contribution in [3.05, 3.63) is 35.9 Å². The van der Waals surface area contributed by atoms with E-state index in [1.165, 1.54) is 0 Å². The Hall–Kier alpha value is -1.53. The molecular weight excluding hydrogens is 298 g/mol. The van der Waals surface area contributed by atoms with Crippen molar-refractivity contribution in [1.82, 2.24) is 10.6 Å². The number of hydrogen-bond donors (Lipinski definition) is 3. The normalized spacial score (nSPS) is 23.7. The smallest absolute Gasteiger partial charge is 0.238 e. The van der Waals surface area contributed by atoms with E-state index in [1.807, 2.05) is 44.2 Å². The zero-order chi connectivity index (χ0) is 16.1. The zero-order valence-electron chi connectivity index (χ0n) is 12.9. The summed E-state index contributed by atoms with van der Waals surface area (Å²) in [5.41, 5.74) is 6.56. The second kappa shape index (κ2) is 7.65. The molecule has 1 aliphatic rings. The van der Waals surface area contributed by atoms with Crippen LogP contribution in [0.1, 0.15) is 24.7 Å². The summed E-state index contributed by atoms with van der Waals surface area (Å²) in [4.78, 5) is 24.1. The van der Waals surface area contributed by atoms with Gasteiger partial charge in [0.05, 0.1) is 11.3 Å². The van der Waals surface area contributed by atoms with Crippen LogP contribution in [0.15, 0.2) is 30.3 Å². The molecule has 2 amide bonds. The molecular formula is C16H23N3O2S. The molecule has 1 aromatic carbocycles. The molecule has 4 N–H and O–H groups in total. The number of carbonyl (C=O) groups is 2.